The molecule has 104 valence electrons. The van der Waals surface area contributed by atoms with E-state index in [1.165, 1.54) is 14.2 Å². The van der Waals surface area contributed by atoms with Crippen molar-refractivity contribution >= 4 is 17.4 Å². The molecule has 0 radical (unpaired) electrons. The van der Waals surface area contributed by atoms with Crippen LogP contribution in [0.15, 0.2) is 30.6 Å². The Labute approximate surface area is 122 Å². The van der Waals surface area contributed by atoms with Crippen LogP contribution in [-0.4, -0.2) is 25.0 Å². The van der Waals surface area contributed by atoms with Crippen molar-refractivity contribution in [1.29, 1.82) is 0 Å². The average Bonchev–Trinajstić information content (AvgIpc) is 2.46. The number of methoxy groups -OCH3 is 2. The van der Waals surface area contributed by atoms with Gasteiger partial charge in [-0.05, 0) is 30.7 Å². The van der Waals surface area contributed by atoms with E-state index in [4.69, 9.17) is 21.1 Å². The van der Waals surface area contributed by atoms with E-state index in [0.29, 0.717) is 27.6 Å². The van der Waals surface area contributed by atoms with Crippen molar-refractivity contribution in [1.82, 2.24) is 4.98 Å². The van der Waals surface area contributed by atoms with Crippen molar-refractivity contribution < 1.29 is 14.3 Å². The molecule has 1 aromatic carbocycles. The van der Waals surface area contributed by atoms with E-state index in [0.717, 1.165) is 5.56 Å². The molecule has 1 heterocycles. The van der Waals surface area contributed by atoms with Gasteiger partial charge in [0.25, 0.3) is 0 Å². The van der Waals surface area contributed by atoms with E-state index in [1.54, 1.807) is 30.6 Å². The molecule has 0 fully saturated rings. The molecule has 0 aliphatic heterocycles. The van der Waals surface area contributed by atoms with Gasteiger partial charge >= 0.3 is 0 Å². The van der Waals surface area contributed by atoms with E-state index in [-0.39, 0.29) is 5.78 Å². The highest BCUT2D eigenvalue weighted by atomic mass is 35.5. The average molecular weight is 292 g/mol. The third-order valence-corrected chi connectivity index (χ3v) is 3.26. The fraction of sp³-hybridized carbons (Fsp3) is 0.200. The molecule has 0 atom stereocenters. The zero-order valence-corrected chi connectivity index (χ0v) is 12.2. The van der Waals surface area contributed by atoms with E-state index in [2.05, 4.69) is 4.98 Å². The Balaban J connectivity index is 2.51. The van der Waals surface area contributed by atoms with E-state index >= 15 is 0 Å². The Morgan fingerprint density at radius 3 is 2.60 bits per heavy atom. The summed E-state index contributed by atoms with van der Waals surface area (Å²) in [5.74, 6) is 0.678. The van der Waals surface area contributed by atoms with Crippen LogP contribution in [0.3, 0.4) is 0 Å². The largest absolute Gasteiger partial charge is 0.493 e. The highest BCUT2D eigenvalue weighted by Gasteiger charge is 2.17. The fourth-order valence-corrected chi connectivity index (χ4v) is 2.19. The van der Waals surface area contributed by atoms with Crippen molar-refractivity contribution in [2.75, 3.05) is 14.2 Å². The first-order chi connectivity index (χ1) is 9.58. The van der Waals surface area contributed by atoms with Crippen molar-refractivity contribution in [3.63, 3.8) is 0 Å². The van der Waals surface area contributed by atoms with Crippen molar-refractivity contribution in [3.8, 4) is 11.5 Å². The maximum Gasteiger partial charge on any atom is 0.195 e. The molecule has 0 bridgehead atoms. The molecule has 2 rings (SSSR count). The van der Waals surface area contributed by atoms with Crippen molar-refractivity contribution in [2.24, 2.45) is 0 Å². The SMILES string of the molecule is COc1cc(C(=O)c2cnccc2C)cc(Cl)c1OC. The van der Waals surface area contributed by atoms with E-state index in [9.17, 15) is 4.79 Å². The van der Waals surface area contributed by atoms with Crippen LogP contribution >= 0.6 is 11.6 Å². The quantitative estimate of drug-likeness (QED) is 0.811. The molecule has 0 spiro atoms. The van der Waals surface area contributed by atoms with Crippen LogP contribution in [0.25, 0.3) is 0 Å². The van der Waals surface area contributed by atoms with Crippen LogP contribution in [0.2, 0.25) is 5.02 Å². The zero-order chi connectivity index (χ0) is 14.7. The molecular weight excluding hydrogens is 278 g/mol. The van der Waals surface area contributed by atoms with Crippen LogP contribution in [0.5, 0.6) is 11.5 Å². The van der Waals surface area contributed by atoms with Gasteiger partial charge < -0.3 is 9.47 Å². The summed E-state index contributed by atoms with van der Waals surface area (Å²) in [5.41, 5.74) is 1.83. The number of hydrogen-bond donors (Lipinski definition) is 0. The molecule has 0 aliphatic carbocycles. The molecule has 0 amide bonds. The van der Waals surface area contributed by atoms with Gasteiger partial charge in [-0.2, -0.15) is 0 Å². The Morgan fingerprint density at radius 1 is 1.25 bits per heavy atom. The molecule has 0 saturated heterocycles. The normalized spacial score (nSPS) is 10.2. The number of hydrogen-bond acceptors (Lipinski definition) is 4. The molecule has 4 nitrogen and oxygen atoms in total. The Hall–Kier alpha value is -2.07. The molecule has 0 N–H and O–H groups in total. The first-order valence-electron chi connectivity index (χ1n) is 5.95. The number of aryl methyl sites for hydroxylation is 1. The first kappa shape index (κ1) is 14.3. The maximum absolute atomic E-state index is 12.5. The third kappa shape index (κ3) is 2.60. The van der Waals surface area contributed by atoms with Gasteiger partial charge in [0.2, 0.25) is 0 Å². The predicted octanol–water partition coefficient (Wildman–Crippen LogP) is 3.29. The van der Waals surface area contributed by atoms with Crippen LogP contribution in [0, 0.1) is 6.92 Å². The van der Waals surface area contributed by atoms with Crippen molar-refractivity contribution in [3.05, 3.63) is 52.3 Å². The molecule has 0 saturated carbocycles. The molecule has 5 heteroatoms. The number of ether oxygens (including phenoxy) is 2. The Bertz CT molecular complexity index is 656. The summed E-state index contributed by atoms with van der Waals surface area (Å²) in [7, 11) is 2.99. The minimum Gasteiger partial charge on any atom is -0.493 e. The fourth-order valence-electron chi connectivity index (χ4n) is 1.91. The molecule has 2 aromatic rings. The second kappa shape index (κ2) is 5.92. The van der Waals surface area contributed by atoms with E-state index < -0.39 is 0 Å². The lowest BCUT2D eigenvalue weighted by Gasteiger charge is -2.11. The van der Waals surface area contributed by atoms with Crippen LogP contribution < -0.4 is 9.47 Å². The summed E-state index contributed by atoms with van der Waals surface area (Å²) in [6.07, 6.45) is 3.19. The highest BCUT2D eigenvalue weighted by Crippen LogP contribution is 2.36. The summed E-state index contributed by atoms with van der Waals surface area (Å²) in [4.78, 5) is 16.5. The number of nitrogens with zero attached hydrogens (tertiary/aromatic N) is 1. The Kier molecular flexibility index (Phi) is 4.25. The van der Waals surface area contributed by atoms with Gasteiger partial charge in [0, 0.05) is 23.5 Å². The van der Waals surface area contributed by atoms with Gasteiger partial charge in [-0.15, -0.1) is 0 Å². The van der Waals surface area contributed by atoms with Gasteiger partial charge in [0.1, 0.15) is 0 Å². The smallest absolute Gasteiger partial charge is 0.195 e. The number of rotatable bonds is 4. The lowest BCUT2D eigenvalue weighted by Crippen LogP contribution is -2.05. The molecule has 1 aromatic heterocycles. The van der Waals surface area contributed by atoms with Gasteiger partial charge in [-0.1, -0.05) is 11.6 Å². The highest BCUT2D eigenvalue weighted by molar-refractivity contribution is 6.33. The number of ketones is 1. The summed E-state index contributed by atoms with van der Waals surface area (Å²) < 4.78 is 10.3. The standard InChI is InChI=1S/C15H14ClNO3/c1-9-4-5-17-8-11(9)14(18)10-6-12(16)15(20-3)13(7-10)19-2/h4-8H,1-3H3. The van der Waals surface area contributed by atoms with Gasteiger partial charge in [0.15, 0.2) is 17.3 Å². The number of carbonyl (C=O) groups excluding carboxylic acids is 1. The van der Waals surface area contributed by atoms with Crippen molar-refractivity contribution in [2.45, 2.75) is 6.92 Å². The molecule has 0 aliphatic rings. The summed E-state index contributed by atoms with van der Waals surface area (Å²) in [6, 6.07) is 4.97. The first-order valence-corrected chi connectivity index (χ1v) is 6.33. The lowest BCUT2D eigenvalue weighted by molar-refractivity contribution is 0.103. The minimum atomic E-state index is -0.154. The zero-order valence-electron chi connectivity index (χ0n) is 11.4. The second-order valence-corrected chi connectivity index (χ2v) is 4.62. The molecule has 0 unspecified atom stereocenters. The number of carbonyl (C=O) groups is 1. The molecule has 20 heavy (non-hydrogen) atoms. The lowest BCUT2D eigenvalue weighted by atomic mass is 10.0. The summed E-state index contributed by atoms with van der Waals surface area (Å²) in [6.45, 7) is 1.86. The monoisotopic (exact) mass is 291 g/mol. The van der Waals surface area contributed by atoms with Crippen LogP contribution in [0.4, 0.5) is 0 Å². The molecular formula is C15H14ClNO3. The van der Waals surface area contributed by atoms with E-state index in [1.807, 2.05) is 6.92 Å². The number of benzene rings is 1. The summed E-state index contributed by atoms with van der Waals surface area (Å²) >= 11 is 6.11. The predicted molar refractivity (Wildman–Crippen MR) is 77.0 cm³/mol. The topological polar surface area (TPSA) is 48.4 Å². The van der Waals surface area contributed by atoms with Gasteiger partial charge in [-0.3, -0.25) is 9.78 Å². The maximum atomic E-state index is 12.5. The number of pyridine rings is 1. The second-order valence-electron chi connectivity index (χ2n) is 4.21. The summed E-state index contributed by atoms with van der Waals surface area (Å²) in [5, 5.41) is 0.330. The minimum absolute atomic E-state index is 0.154. The Morgan fingerprint density at radius 2 is 2.00 bits per heavy atom. The van der Waals surface area contributed by atoms with Crippen LogP contribution in [-0.2, 0) is 0 Å². The van der Waals surface area contributed by atoms with Gasteiger partial charge in [0.05, 0.1) is 19.2 Å². The number of aromatic nitrogens is 1. The van der Waals surface area contributed by atoms with Crippen LogP contribution in [0.1, 0.15) is 21.5 Å². The van der Waals surface area contributed by atoms with Gasteiger partial charge in [-0.25, -0.2) is 0 Å². The number of halogens is 1. The third-order valence-electron chi connectivity index (χ3n) is 2.98.